The van der Waals surface area contributed by atoms with Gasteiger partial charge in [-0.2, -0.15) is 4.98 Å². The first-order chi connectivity index (χ1) is 11.7. The first kappa shape index (κ1) is 19.2. The molecule has 25 heavy (non-hydrogen) atoms. The fraction of sp³-hybridized carbons (Fsp3) is 0.550. The molecule has 0 saturated heterocycles. The predicted molar refractivity (Wildman–Crippen MR) is 98.9 cm³/mol. The maximum Gasteiger partial charge on any atom is 0.249 e. The van der Waals surface area contributed by atoms with Crippen molar-refractivity contribution in [2.24, 2.45) is 11.3 Å². The van der Waals surface area contributed by atoms with Crippen molar-refractivity contribution in [3.05, 3.63) is 35.7 Å². The highest BCUT2D eigenvalue weighted by Crippen LogP contribution is 2.27. The summed E-state index contributed by atoms with van der Waals surface area (Å²) in [5.41, 5.74) is 1.99. The van der Waals surface area contributed by atoms with Gasteiger partial charge in [-0.1, -0.05) is 70.0 Å². The van der Waals surface area contributed by atoms with E-state index < -0.39 is 0 Å². The summed E-state index contributed by atoms with van der Waals surface area (Å²) < 4.78 is 5.50. The molecule has 0 radical (unpaired) electrons. The summed E-state index contributed by atoms with van der Waals surface area (Å²) in [5.74, 6) is 1.23. The summed E-state index contributed by atoms with van der Waals surface area (Å²) in [7, 11) is 0. The van der Waals surface area contributed by atoms with Crippen molar-refractivity contribution in [2.45, 2.75) is 60.4 Å². The summed E-state index contributed by atoms with van der Waals surface area (Å²) in [4.78, 5) is 16.9. The Morgan fingerprint density at radius 1 is 1.32 bits per heavy atom. The van der Waals surface area contributed by atoms with E-state index in [0.717, 1.165) is 17.5 Å². The highest BCUT2D eigenvalue weighted by molar-refractivity contribution is 5.77. The van der Waals surface area contributed by atoms with Gasteiger partial charge in [0.2, 0.25) is 17.6 Å². The average molecular weight is 343 g/mol. The van der Waals surface area contributed by atoms with Crippen LogP contribution in [0, 0.1) is 18.3 Å². The number of aryl methyl sites for hydroxylation is 1. The Morgan fingerprint density at radius 2 is 2.04 bits per heavy atom. The van der Waals surface area contributed by atoms with Gasteiger partial charge in [-0.15, -0.1) is 0 Å². The van der Waals surface area contributed by atoms with Gasteiger partial charge in [-0.05, 0) is 24.3 Å². The molecule has 1 heterocycles. The third-order valence-corrected chi connectivity index (χ3v) is 4.20. The van der Waals surface area contributed by atoms with E-state index >= 15 is 0 Å². The summed E-state index contributed by atoms with van der Waals surface area (Å²) in [6.45, 7) is 12.3. The van der Waals surface area contributed by atoms with E-state index in [4.69, 9.17) is 4.52 Å². The molecule has 0 bridgehead atoms. The zero-order valence-corrected chi connectivity index (χ0v) is 16.1. The first-order valence-corrected chi connectivity index (χ1v) is 8.89. The molecule has 5 nitrogen and oxygen atoms in total. The average Bonchev–Trinajstić information content (AvgIpc) is 3.00. The van der Waals surface area contributed by atoms with Gasteiger partial charge in [-0.25, -0.2) is 0 Å². The SMILES string of the molecule is CC[C@@H](C)[C@@H](NC(=O)CC(C)(C)C)c1nc(-c2cccc(C)c2)no1. The van der Waals surface area contributed by atoms with Crippen LogP contribution in [0.5, 0.6) is 0 Å². The molecule has 5 heteroatoms. The number of carbonyl (C=O) groups excluding carboxylic acids is 1. The molecule has 0 fully saturated rings. The lowest BCUT2D eigenvalue weighted by molar-refractivity contribution is -0.124. The molecule has 0 aliphatic heterocycles. The summed E-state index contributed by atoms with van der Waals surface area (Å²) in [6, 6.07) is 7.70. The second kappa shape index (κ2) is 7.81. The maximum absolute atomic E-state index is 12.4. The molecule has 1 aromatic heterocycles. The molecule has 1 aromatic carbocycles. The molecule has 0 saturated carbocycles. The summed E-state index contributed by atoms with van der Waals surface area (Å²) >= 11 is 0. The fourth-order valence-corrected chi connectivity index (χ4v) is 2.65. The predicted octanol–water partition coefficient (Wildman–Crippen LogP) is 4.68. The van der Waals surface area contributed by atoms with Crippen LogP contribution in [0.1, 0.15) is 65.0 Å². The standard InChI is InChI=1S/C20H29N3O2/c1-7-14(3)17(21-16(24)12-20(4,5)6)19-22-18(23-25-19)15-10-8-9-13(2)11-15/h8-11,14,17H,7,12H2,1-6H3,(H,21,24)/t14-,17-/m1/s1. The number of nitrogens with zero attached hydrogens (tertiary/aromatic N) is 2. The normalized spacial score (nSPS) is 14.2. The Hall–Kier alpha value is -2.17. The molecule has 2 rings (SSSR count). The van der Waals surface area contributed by atoms with Crippen LogP contribution in [0.25, 0.3) is 11.4 Å². The van der Waals surface area contributed by atoms with Crippen molar-refractivity contribution in [1.29, 1.82) is 0 Å². The van der Waals surface area contributed by atoms with Crippen LogP contribution < -0.4 is 5.32 Å². The zero-order chi connectivity index (χ0) is 18.6. The molecule has 1 N–H and O–H groups in total. The number of nitrogens with one attached hydrogen (secondary N) is 1. The third-order valence-electron chi connectivity index (χ3n) is 4.20. The smallest absolute Gasteiger partial charge is 0.249 e. The van der Waals surface area contributed by atoms with E-state index in [2.05, 4.69) is 29.3 Å². The number of carbonyl (C=O) groups is 1. The lowest BCUT2D eigenvalue weighted by Crippen LogP contribution is -2.34. The third kappa shape index (κ3) is 5.41. The monoisotopic (exact) mass is 343 g/mol. The molecule has 0 aliphatic carbocycles. The van der Waals surface area contributed by atoms with Crippen molar-refractivity contribution in [3.8, 4) is 11.4 Å². The van der Waals surface area contributed by atoms with Crippen molar-refractivity contribution in [1.82, 2.24) is 15.5 Å². The number of amides is 1. The second-order valence-electron chi connectivity index (χ2n) is 7.99. The molecule has 0 spiro atoms. The Morgan fingerprint density at radius 3 is 2.64 bits per heavy atom. The highest BCUT2D eigenvalue weighted by atomic mass is 16.5. The van der Waals surface area contributed by atoms with Crippen molar-refractivity contribution in [3.63, 3.8) is 0 Å². The Balaban J connectivity index is 2.23. The molecule has 0 unspecified atom stereocenters. The summed E-state index contributed by atoms with van der Waals surface area (Å²) in [5, 5.41) is 7.19. The number of aromatic nitrogens is 2. The van der Waals surface area contributed by atoms with E-state index in [1.54, 1.807) is 0 Å². The zero-order valence-electron chi connectivity index (χ0n) is 16.1. The van der Waals surface area contributed by atoms with Gasteiger partial charge >= 0.3 is 0 Å². The molecule has 136 valence electrons. The lowest BCUT2D eigenvalue weighted by Gasteiger charge is -2.23. The molecule has 1 amide bonds. The summed E-state index contributed by atoms with van der Waals surface area (Å²) in [6.07, 6.45) is 1.36. The van der Waals surface area contributed by atoms with Crippen LogP contribution in [0.3, 0.4) is 0 Å². The number of benzene rings is 1. The topological polar surface area (TPSA) is 68.0 Å². The minimum Gasteiger partial charge on any atom is -0.344 e. The maximum atomic E-state index is 12.4. The Labute approximate surface area is 150 Å². The second-order valence-corrected chi connectivity index (χ2v) is 7.99. The van der Waals surface area contributed by atoms with Crippen molar-refractivity contribution < 1.29 is 9.32 Å². The minimum absolute atomic E-state index is 0.00751. The van der Waals surface area contributed by atoms with E-state index in [1.165, 1.54) is 0 Å². The van der Waals surface area contributed by atoms with Crippen LogP contribution in [0.2, 0.25) is 0 Å². The van der Waals surface area contributed by atoms with E-state index in [1.807, 2.05) is 52.0 Å². The van der Waals surface area contributed by atoms with Gasteiger partial charge in [0.15, 0.2) is 0 Å². The van der Waals surface area contributed by atoms with Crippen LogP contribution in [0.15, 0.2) is 28.8 Å². The van der Waals surface area contributed by atoms with Gasteiger partial charge in [-0.3, -0.25) is 4.79 Å². The van der Waals surface area contributed by atoms with E-state index in [-0.39, 0.29) is 23.3 Å². The Kier molecular flexibility index (Phi) is 5.98. The lowest BCUT2D eigenvalue weighted by atomic mass is 9.91. The first-order valence-electron chi connectivity index (χ1n) is 8.89. The van der Waals surface area contributed by atoms with Crippen molar-refractivity contribution >= 4 is 5.91 Å². The van der Waals surface area contributed by atoms with Crippen molar-refractivity contribution in [2.75, 3.05) is 0 Å². The van der Waals surface area contributed by atoms with Gasteiger partial charge in [0.1, 0.15) is 6.04 Å². The molecule has 2 aromatic rings. The quantitative estimate of drug-likeness (QED) is 0.826. The molecular formula is C20H29N3O2. The van der Waals surface area contributed by atoms with Crippen LogP contribution in [0.4, 0.5) is 0 Å². The van der Waals surface area contributed by atoms with Gasteiger partial charge in [0.05, 0.1) is 0 Å². The highest BCUT2D eigenvalue weighted by Gasteiger charge is 2.28. The minimum atomic E-state index is -0.272. The number of hydrogen-bond donors (Lipinski definition) is 1. The van der Waals surface area contributed by atoms with Gasteiger partial charge in [0.25, 0.3) is 0 Å². The number of rotatable bonds is 6. The fourth-order valence-electron chi connectivity index (χ4n) is 2.65. The molecule has 2 atom stereocenters. The van der Waals surface area contributed by atoms with Crippen LogP contribution in [-0.2, 0) is 4.79 Å². The van der Waals surface area contributed by atoms with Gasteiger partial charge < -0.3 is 9.84 Å². The largest absolute Gasteiger partial charge is 0.344 e. The van der Waals surface area contributed by atoms with Crippen LogP contribution >= 0.6 is 0 Å². The molecule has 0 aliphatic rings. The van der Waals surface area contributed by atoms with Gasteiger partial charge in [0, 0.05) is 12.0 Å². The number of hydrogen-bond acceptors (Lipinski definition) is 4. The van der Waals surface area contributed by atoms with E-state index in [0.29, 0.717) is 18.1 Å². The Bertz CT molecular complexity index is 716. The molecular weight excluding hydrogens is 314 g/mol. The van der Waals surface area contributed by atoms with E-state index in [9.17, 15) is 4.79 Å². The van der Waals surface area contributed by atoms with Crippen LogP contribution in [-0.4, -0.2) is 16.0 Å².